The quantitative estimate of drug-likeness (QED) is 0.816. The molecule has 4 heteroatoms. The van der Waals surface area contributed by atoms with Crippen LogP contribution in [0.2, 0.25) is 5.02 Å². The van der Waals surface area contributed by atoms with Crippen LogP contribution >= 0.6 is 22.9 Å². The van der Waals surface area contributed by atoms with Crippen molar-refractivity contribution in [1.29, 1.82) is 0 Å². The van der Waals surface area contributed by atoms with Gasteiger partial charge in [-0.2, -0.15) is 0 Å². The predicted octanol–water partition coefficient (Wildman–Crippen LogP) is 3.99. The first-order valence-electron chi connectivity index (χ1n) is 6.23. The summed E-state index contributed by atoms with van der Waals surface area (Å²) in [6.07, 6.45) is 0.478. The summed E-state index contributed by atoms with van der Waals surface area (Å²) in [5.74, 6) is 0.157. The number of hydrogen-bond acceptors (Lipinski definition) is 2. The summed E-state index contributed by atoms with van der Waals surface area (Å²) in [5.41, 5.74) is 1.06. The van der Waals surface area contributed by atoms with E-state index in [1.807, 2.05) is 53.6 Å². The van der Waals surface area contributed by atoms with E-state index in [4.69, 9.17) is 11.6 Å². The number of likely N-dealkylation sites (N-methyl/N-ethyl adjacent to an activating group) is 1. The van der Waals surface area contributed by atoms with E-state index in [0.29, 0.717) is 24.5 Å². The van der Waals surface area contributed by atoms with Gasteiger partial charge in [0, 0.05) is 23.0 Å². The molecular formula is C15H16ClNOS. The molecule has 0 aliphatic heterocycles. The van der Waals surface area contributed by atoms with Gasteiger partial charge in [0.05, 0.1) is 6.42 Å². The standard InChI is InChI=1S/C15H16ClNOS/c1-2-17(11-12-5-3-6-13(16)9-12)15(18)10-14-7-4-8-19-14/h3-9H,2,10-11H2,1H3. The summed E-state index contributed by atoms with van der Waals surface area (Å²) in [6, 6.07) is 11.6. The van der Waals surface area contributed by atoms with Crippen molar-refractivity contribution >= 4 is 28.8 Å². The molecule has 100 valence electrons. The Kier molecular flexibility index (Phi) is 5.00. The molecule has 1 aromatic heterocycles. The molecule has 0 aliphatic rings. The van der Waals surface area contributed by atoms with Crippen molar-refractivity contribution in [3.63, 3.8) is 0 Å². The molecule has 0 N–H and O–H groups in total. The number of carbonyl (C=O) groups is 1. The third-order valence-electron chi connectivity index (χ3n) is 2.90. The van der Waals surface area contributed by atoms with Crippen molar-refractivity contribution in [2.45, 2.75) is 19.9 Å². The molecule has 0 bridgehead atoms. The second-order valence-electron chi connectivity index (χ2n) is 4.29. The third kappa shape index (κ3) is 4.08. The Morgan fingerprint density at radius 3 is 2.79 bits per heavy atom. The second-order valence-corrected chi connectivity index (χ2v) is 5.76. The number of rotatable bonds is 5. The second kappa shape index (κ2) is 6.73. The summed E-state index contributed by atoms with van der Waals surface area (Å²) in [6.45, 7) is 3.31. The van der Waals surface area contributed by atoms with Crippen LogP contribution in [0.4, 0.5) is 0 Å². The van der Waals surface area contributed by atoms with E-state index in [9.17, 15) is 4.79 Å². The monoisotopic (exact) mass is 293 g/mol. The SMILES string of the molecule is CCN(Cc1cccc(Cl)c1)C(=O)Cc1cccs1. The molecule has 0 radical (unpaired) electrons. The average molecular weight is 294 g/mol. The van der Waals surface area contributed by atoms with E-state index in [1.54, 1.807) is 11.3 Å². The smallest absolute Gasteiger partial charge is 0.228 e. The highest BCUT2D eigenvalue weighted by atomic mass is 35.5. The Labute approximate surface area is 122 Å². The highest BCUT2D eigenvalue weighted by Crippen LogP contribution is 2.15. The van der Waals surface area contributed by atoms with Crippen LogP contribution in [0.5, 0.6) is 0 Å². The molecule has 0 aliphatic carbocycles. The minimum atomic E-state index is 0.157. The molecule has 0 unspecified atom stereocenters. The zero-order valence-electron chi connectivity index (χ0n) is 10.8. The molecule has 0 atom stereocenters. The van der Waals surface area contributed by atoms with Gasteiger partial charge in [-0.15, -0.1) is 11.3 Å². The first-order valence-corrected chi connectivity index (χ1v) is 7.49. The summed E-state index contributed by atoms with van der Waals surface area (Å²) in [5, 5.41) is 2.70. The van der Waals surface area contributed by atoms with Gasteiger partial charge in [-0.1, -0.05) is 29.8 Å². The molecule has 0 spiro atoms. The number of nitrogens with zero attached hydrogens (tertiary/aromatic N) is 1. The van der Waals surface area contributed by atoms with Gasteiger partial charge in [0.15, 0.2) is 0 Å². The van der Waals surface area contributed by atoms with Crippen LogP contribution in [0.3, 0.4) is 0 Å². The van der Waals surface area contributed by atoms with Crippen LogP contribution in [0.1, 0.15) is 17.4 Å². The number of hydrogen-bond donors (Lipinski definition) is 0. The molecule has 1 aromatic carbocycles. The van der Waals surface area contributed by atoms with Crippen LogP contribution in [0.15, 0.2) is 41.8 Å². The number of halogens is 1. The van der Waals surface area contributed by atoms with Gasteiger partial charge in [0.25, 0.3) is 0 Å². The number of thiophene rings is 1. The summed E-state index contributed by atoms with van der Waals surface area (Å²) in [4.78, 5) is 15.2. The van der Waals surface area contributed by atoms with Crippen LogP contribution in [0.25, 0.3) is 0 Å². The highest BCUT2D eigenvalue weighted by Gasteiger charge is 2.13. The van der Waals surface area contributed by atoms with E-state index >= 15 is 0 Å². The normalized spacial score (nSPS) is 10.4. The fraction of sp³-hybridized carbons (Fsp3) is 0.267. The minimum Gasteiger partial charge on any atom is -0.338 e. The van der Waals surface area contributed by atoms with E-state index in [1.165, 1.54) is 0 Å². The lowest BCUT2D eigenvalue weighted by molar-refractivity contribution is -0.130. The van der Waals surface area contributed by atoms with Gasteiger partial charge in [-0.25, -0.2) is 0 Å². The van der Waals surface area contributed by atoms with Crippen LogP contribution in [-0.2, 0) is 17.8 Å². The van der Waals surface area contributed by atoms with Crippen molar-refractivity contribution in [2.24, 2.45) is 0 Å². The third-order valence-corrected chi connectivity index (χ3v) is 4.01. The maximum Gasteiger partial charge on any atom is 0.228 e. The minimum absolute atomic E-state index is 0.157. The first-order chi connectivity index (χ1) is 9.19. The Bertz CT molecular complexity index is 539. The molecular weight excluding hydrogens is 278 g/mol. The fourth-order valence-corrected chi connectivity index (χ4v) is 2.81. The summed E-state index contributed by atoms with van der Waals surface area (Å²) < 4.78 is 0. The fourth-order valence-electron chi connectivity index (χ4n) is 1.91. The van der Waals surface area contributed by atoms with Crippen molar-refractivity contribution in [3.05, 3.63) is 57.2 Å². The Morgan fingerprint density at radius 2 is 2.16 bits per heavy atom. The number of benzene rings is 1. The lowest BCUT2D eigenvalue weighted by Gasteiger charge is -2.21. The van der Waals surface area contributed by atoms with Crippen molar-refractivity contribution in [1.82, 2.24) is 4.90 Å². The van der Waals surface area contributed by atoms with Crippen molar-refractivity contribution in [3.8, 4) is 0 Å². The van der Waals surface area contributed by atoms with Gasteiger partial charge < -0.3 is 4.90 Å². The van der Waals surface area contributed by atoms with E-state index in [-0.39, 0.29) is 5.91 Å². The zero-order valence-corrected chi connectivity index (χ0v) is 12.4. The maximum absolute atomic E-state index is 12.2. The highest BCUT2D eigenvalue weighted by molar-refractivity contribution is 7.10. The number of amides is 1. The average Bonchev–Trinajstić information content (AvgIpc) is 2.88. The molecule has 2 nitrogen and oxygen atoms in total. The lowest BCUT2D eigenvalue weighted by Crippen LogP contribution is -2.31. The molecule has 2 aromatic rings. The van der Waals surface area contributed by atoms with Gasteiger partial charge in [-0.3, -0.25) is 4.79 Å². The topological polar surface area (TPSA) is 20.3 Å². The Morgan fingerprint density at radius 1 is 1.32 bits per heavy atom. The lowest BCUT2D eigenvalue weighted by atomic mass is 10.2. The van der Waals surface area contributed by atoms with E-state index < -0.39 is 0 Å². The zero-order chi connectivity index (χ0) is 13.7. The Balaban J connectivity index is 2.01. The van der Waals surface area contributed by atoms with Gasteiger partial charge in [0.1, 0.15) is 0 Å². The Hall–Kier alpha value is -1.32. The van der Waals surface area contributed by atoms with Gasteiger partial charge >= 0.3 is 0 Å². The van der Waals surface area contributed by atoms with Gasteiger partial charge in [0.2, 0.25) is 5.91 Å². The van der Waals surface area contributed by atoms with Crippen LogP contribution < -0.4 is 0 Å². The summed E-state index contributed by atoms with van der Waals surface area (Å²) in [7, 11) is 0. The molecule has 19 heavy (non-hydrogen) atoms. The van der Waals surface area contributed by atoms with Crippen molar-refractivity contribution < 1.29 is 4.79 Å². The molecule has 1 heterocycles. The molecule has 0 saturated carbocycles. The van der Waals surface area contributed by atoms with Gasteiger partial charge in [-0.05, 0) is 36.1 Å². The van der Waals surface area contributed by atoms with E-state index in [0.717, 1.165) is 10.4 Å². The van der Waals surface area contributed by atoms with Crippen LogP contribution in [-0.4, -0.2) is 17.4 Å². The maximum atomic E-state index is 12.2. The molecule has 1 amide bonds. The molecule has 0 saturated heterocycles. The summed E-state index contributed by atoms with van der Waals surface area (Å²) >= 11 is 7.58. The van der Waals surface area contributed by atoms with E-state index in [2.05, 4.69) is 0 Å². The van der Waals surface area contributed by atoms with Crippen molar-refractivity contribution in [2.75, 3.05) is 6.54 Å². The predicted molar refractivity (Wildman–Crippen MR) is 80.6 cm³/mol. The molecule has 2 rings (SSSR count). The first kappa shape index (κ1) is 14.1. The van der Waals surface area contributed by atoms with Crippen LogP contribution in [0, 0.1) is 0 Å². The largest absolute Gasteiger partial charge is 0.338 e. The molecule has 0 fully saturated rings. The number of carbonyl (C=O) groups excluding carboxylic acids is 1.